The Morgan fingerprint density at radius 3 is 2.75 bits per heavy atom. The molecule has 1 aromatic carbocycles. The van der Waals surface area contributed by atoms with E-state index in [1.807, 2.05) is 6.07 Å². The molecule has 3 heteroatoms. The first-order valence-corrected chi connectivity index (χ1v) is 5.79. The Morgan fingerprint density at radius 2 is 2.19 bits per heavy atom. The SMILES string of the molecule is NCC(Cc1cccc(C2CC2)c1)C(N)=O. The Morgan fingerprint density at radius 1 is 1.44 bits per heavy atom. The zero-order valence-corrected chi connectivity index (χ0v) is 9.36. The summed E-state index contributed by atoms with van der Waals surface area (Å²) in [5, 5.41) is 0. The lowest BCUT2D eigenvalue weighted by Gasteiger charge is -2.11. The molecule has 86 valence electrons. The highest BCUT2D eigenvalue weighted by Crippen LogP contribution is 2.40. The smallest absolute Gasteiger partial charge is 0.222 e. The zero-order chi connectivity index (χ0) is 11.5. The molecule has 1 aromatic rings. The molecule has 0 aromatic heterocycles. The highest BCUT2D eigenvalue weighted by Gasteiger charge is 2.23. The zero-order valence-electron chi connectivity index (χ0n) is 9.36. The number of hydrogen-bond acceptors (Lipinski definition) is 2. The summed E-state index contributed by atoms with van der Waals surface area (Å²) in [5.74, 6) is 0.193. The van der Waals surface area contributed by atoms with Gasteiger partial charge in [0.05, 0.1) is 5.92 Å². The van der Waals surface area contributed by atoms with Crippen LogP contribution in [0.3, 0.4) is 0 Å². The van der Waals surface area contributed by atoms with E-state index in [-0.39, 0.29) is 11.8 Å². The first-order chi connectivity index (χ1) is 7.70. The largest absolute Gasteiger partial charge is 0.369 e. The van der Waals surface area contributed by atoms with E-state index in [4.69, 9.17) is 11.5 Å². The minimum absolute atomic E-state index is 0.241. The first kappa shape index (κ1) is 11.1. The van der Waals surface area contributed by atoms with Crippen molar-refractivity contribution in [3.05, 3.63) is 35.4 Å². The van der Waals surface area contributed by atoms with Gasteiger partial charge in [0.25, 0.3) is 0 Å². The van der Waals surface area contributed by atoms with E-state index in [9.17, 15) is 4.79 Å². The van der Waals surface area contributed by atoms with Crippen LogP contribution in [0.5, 0.6) is 0 Å². The van der Waals surface area contributed by atoms with Crippen molar-refractivity contribution in [1.29, 1.82) is 0 Å². The summed E-state index contributed by atoms with van der Waals surface area (Å²) in [5.41, 5.74) is 13.4. The van der Waals surface area contributed by atoms with Gasteiger partial charge < -0.3 is 11.5 Å². The van der Waals surface area contributed by atoms with Gasteiger partial charge in [0.2, 0.25) is 5.91 Å². The normalized spacial score (nSPS) is 17.1. The monoisotopic (exact) mass is 218 g/mol. The molecule has 0 aliphatic heterocycles. The van der Waals surface area contributed by atoms with E-state index in [1.54, 1.807) is 0 Å². The van der Waals surface area contributed by atoms with Gasteiger partial charge in [-0.05, 0) is 36.3 Å². The molecule has 1 atom stereocenters. The van der Waals surface area contributed by atoms with Crippen LogP contribution in [0.2, 0.25) is 0 Å². The molecule has 4 N–H and O–H groups in total. The van der Waals surface area contributed by atoms with Crippen LogP contribution in [-0.2, 0) is 11.2 Å². The van der Waals surface area contributed by atoms with Gasteiger partial charge in [-0.2, -0.15) is 0 Å². The second kappa shape index (κ2) is 4.66. The fraction of sp³-hybridized carbons (Fsp3) is 0.462. The van der Waals surface area contributed by atoms with E-state index in [0.717, 1.165) is 5.92 Å². The van der Waals surface area contributed by atoms with Gasteiger partial charge in [-0.25, -0.2) is 0 Å². The Hall–Kier alpha value is -1.35. The summed E-state index contributed by atoms with van der Waals surface area (Å²) in [6.07, 6.45) is 3.24. The van der Waals surface area contributed by atoms with Gasteiger partial charge in [-0.3, -0.25) is 4.79 Å². The molecule has 1 fully saturated rings. The number of carbonyl (C=O) groups is 1. The second-order valence-electron chi connectivity index (χ2n) is 4.56. The van der Waals surface area contributed by atoms with Gasteiger partial charge in [0.15, 0.2) is 0 Å². The van der Waals surface area contributed by atoms with Crippen LogP contribution in [0.4, 0.5) is 0 Å². The van der Waals surface area contributed by atoms with Crippen molar-refractivity contribution in [2.75, 3.05) is 6.54 Å². The third-order valence-electron chi connectivity index (χ3n) is 3.17. The summed E-state index contributed by atoms with van der Waals surface area (Å²) in [4.78, 5) is 11.1. The summed E-state index contributed by atoms with van der Waals surface area (Å²) in [6, 6.07) is 8.43. The molecule has 16 heavy (non-hydrogen) atoms. The predicted molar refractivity (Wildman–Crippen MR) is 63.9 cm³/mol. The molecule has 0 spiro atoms. The fourth-order valence-electron chi connectivity index (χ4n) is 1.98. The minimum Gasteiger partial charge on any atom is -0.369 e. The molecule has 1 aliphatic carbocycles. The lowest BCUT2D eigenvalue weighted by atomic mass is 9.96. The highest BCUT2D eigenvalue weighted by atomic mass is 16.1. The minimum atomic E-state index is -0.306. The fourth-order valence-corrected chi connectivity index (χ4v) is 1.98. The number of carbonyl (C=O) groups excluding carboxylic acids is 1. The lowest BCUT2D eigenvalue weighted by molar-refractivity contribution is -0.121. The molecule has 3 nitrogen and oxygen atoms in total. The molecule has 1 saturated carbocycles. The summed E-state index contributed by atoms with van der Waals surface area (Å²) in [7, 11) is 0. The van der Waals surface area contributed by atoms with Crippen molar-refractivity contribution < 1.29 is 4.79 Å². The quantitative estimate of drug-likeness (QED) is 0.778. The van der Waals surface area contributed by atoms with Gasteiger partial charge in [-0.1, -0.05) is 24.3 Å². The van der Waals surface area contributed by atoms with Crippen LogP contribution in [0.15, 0.2) is 24.3 Å². The Kier molecular flexibility index (Phi) is 3.25. The van der Waals surface area contributed by atoms with Crippen molar-refractivity contribution >= 4 is 5.91 Å². The van der Waals surface area contributed by atoms with Crippen molar-refractivity contribution in [2.45, 2.75) is 25.2 Å². The molecular formula is C13H18N2O. The van der Waals surface area contributed by atoms with Crippen LogP contribution in [0.25, 0.3) is 0 Å². The molecule has 1 aliphatic rings. The van der Waals surface area contributed by atoms with Gasteiger partial charge in [0, 0.05) is 6.54 Å². The average Bonchev–Trinajstić information content (AvgIpc) is 3.09. The maximum atomic E-state index is 11.1. The maximum Gasteiger partial charge on any atom is 0.222 e. The van der Waals surface area contributed by atoms with E-state index >= 15 is 0 Å². The molecular weight excluding hydrogens is 200 g/mol. The van der Waals surface area contributed by atoms with Gasteiger partial charge >= 0.3 is 0 Å². The number of rotatable bonds is 5. The second-order valence-corrected chi connectivity index (χ2v) is 4.56. The lowest BCUT2D eigenvalue weighted by Crippen LogP contribution is -2.31. The van der Waals surface area contributed by atoms with E-state index in [2.05, 4.69) is 18.2 Å². The van der Waals surface area contributed by atoms with Crippen LogP contribution >= 0.6 is 0 Å². The maximum absolute atomic E-state index is 11.1. The van der Waals surface area contributed by atoms with E-state index < -0.39 is 0 Å². The molecule has 2 rings (SSSR count). The Bertz CT molecular complexity index is 385. The van der Waals surface area contributed by atoms with E-state index in [0.29, 0.717) is 13.0 Å². The van der Waals surface area contributed by atoms with Crippen LogP contribution in [-0.4, -0.2) is 12.5 Å². The van der Waals surface area contributed by atoms with E-state index in [1.165, 1.54) is 24.0 Å². The first-order valence-electron chi connectivity index (χ1n) is 5.79. The molecule has 0 saturated heterocycles. The summed E-state index contributed by atoms with van der Waals surface area (Å²) >= 11 is 0. The number of nitrogens with two attached hydrogens (primary N) is 2. The average molecular weight is 218 g/mol. The van der Waals surface area contributed by atoms with Crippen LogP contribution < -0.4 is 11.5 Å². The highest BCUT2D eigenvalue weighted by molar-refractivity contribution is 5.77. The van der Waals surface area contributed by atoms with Crippen molar-refractivity contribution in [3.8, 4) is 0 Å². The third-order valence-corrected chi connectivity index (χ3v) is 3.17. The Labute approximate surface area is 95.8 Å². The van der Waals surface area contributed by atoms with Gasteiger partial charge in [-0.15, -0.1) is 0 Å². The standard InChI is InChI=1S/C13H18N2O/c14-8-12(13(15)16)7-9-2-1-3-11(6-9)10-4-5-10/h1-3,6,10,12H,4-5,7-8,14H2,(H2,15,16). The number of amides is 1. The Balaban J connectivity index is 2.07. The van der Waals surface area contributed by atoms with Crippen LogP contribution in [0, 0.1) is 5.92 Å². The predicted octanol–water partition coefficient (Wildman–Crippen LogP) is 1.17. The summed E-state index contributed by atoms with van der Waals surface area (Å²) < 4.78 is 0. The van der Waals surface area contributed by atoms with Crippen molar-refractivity contribution in [3.63, 3.8) is 0 Å². The topological polar surface area (TPSA) is 69.1 Å². The van der Waals surface area contributed by atoms with Crippen molar-refractivity contribution in [1.82, 2.24) is 0 Å². The number of benzene rings is 1. The molecule has 1 unspecified atom stereocenters. The van der Waals surface area contributed by atoms with Gasteiger partial charge in [0.1, 0.15) is 0 Å². The van der Waals surface area contributed by atoms with Crippen molar-refractivity contribution in [2.24, 2.45) is 17.4 Å². The molecule has 0 heterocycles. The molecule has 0 radical (unpaired) electrons. The number of hydrogen-bond donors (Lipinski definition) is 2. The number of primary amides is 1. The summed E-state index contributed by atoms with van der Waals surface area (Å²) in [6.45, 7) is 0.322. The molecule has 0 bridgehead atoms. The van der Waals surface area contributed by atoms with Crippen LogP contribution in [0.1, 0.15) is 29.9 Å². The third kappa shape index (κ3) is 2.61. The molecule has 1 amide bonds.